The van der Waals surface area contributed by atoms with Crippen molar-refractivity contribution in [1.82, 2.24) is 5.01 Å². The van der Waals surface area contributed by atoms with Crippen molar-refractivity contribution < 1.29 is 9.47 Å². The van der Waals surface area contributed by atoms with Crippen LogP contribution < -0.4 is 9.47 Å². The van der Waals surface area contributed by atoms with E-state index in [0.29, 0.717) is 12.4 Å². The Morgan fingerprint density at radius 2 is 1.81 bits per heavy atom. The molecule has 0 radical (unpaired) electrons. The van der Waals surface area contributed by atoms with Gasteiger partial charge in [0.1, 0.15) is 6.61 Å². The van der Waals surface area contributed by atoms with Crippen LogP contribution in [0.5, 0.6) is 11.5 Å². The predicted molar refractivity (Wildman–Crippen MR) is 85.0 cm³/mol. The predicted octanol–water partition coefficient (Wildman–Crippen LogP) is 3.17. The largest absolute Gasteiger partial charge is 0.493 e. The first-order valence-corrected chi connectivity index (χ1v) is 6.75. The molecular weight excluding hydrogens is 264 g/mol. The van der Waals surface area contributed by atoms with Gasteiger partial charge in [-0.1, -0.05) is 30.3 Å². The van der Waals surface area contributed by atoms with Crippen molar-refractivity contribution in [3.63, 3.8) is 0 Å². The molecule has 21 heavy (non-hydrogen) atoms. The SMILES string of the molecule is COc1cc(C=NN(C)C)ccc1OCc1ccccc1. The number of hydrogen-bond acceptors (Lipinski definition) is 4. The molecule has 0 amide bonds. The first-order valence-electron chi connectivity index (χ1n) is 6.75. The zero-order chi connectivity index (χ0) is 15.1. The molecule has 0 aliphatic rings. The minimum atomic E-state index is 0.516. The van der Waals surface area contributed by atoms with E-state index in [1.165, 1.54) is 0 Å². The van der Waals surface area contributed by atoms with Gasteiger partial charge in [0.2, 0.25) is 0 Å². The zero-order valence-corrected chi connectivity index (χ0v) is 12.6. The van der Waals surface area contributed by atoms with E-state index in [-0.39, 0.29) is 0 Å². The van der Waals surface area contributed by atoms with Crippen molar-refractivity contribution >= 4 is 6.21 Å². The van der Waals surface area contributed by atoms with Crippen LogP contribution in [0.1, 0.15) is 11.1 Å². The lowest BCUT2D eigenvalue weighted by Crippen LogP contribution is -2.02. The van der Waals surface area contributed by atoms with Gasteiger partial charge in [-0.25, -0.2) is 0 Å². The van der Waals surface area contributed by atoms with Gasteiger partial charge in [-0.15, -0.1) is 0 Å². The van der Waals surface area contributed by atoms with Crippen LogP contribution in [0.4, 0.5) is 0 Å². The number of ether oxygens (including phenoxy) is 2. The molecular formula is C17H20N2O2. The normalized spacial score (nSPS) is 10.6. The van der Waals surface area contributed by atoms with Crippen LogP contribution in [-0.4, -0.2) is 32.4 Å². The summed E-state index contributed by atoms with van der Waals surface area (Å²) in [6, 6.07) is 15.8. The molecule has 0 saturated heterocycles. The lowest BCUT2D eigenvalue weighted by molar-refractivity contribution is 0.284. The minimum absolute atomic E-state index is 0.516. The van der Waals surface area contributed by atoms with E-state index in [0.717, 1.165) is 16.9 Å². The number of methoxy groups -OCH3 is 1. The number of rotatable bonds is 6. The van der Waals surface area contributed by atoms with Crippen molar-refractivity contribution in [3.8, 4) is 11.5 Å². The Balaban J connectivity index is 2.09. The quantitative estimate of drug-likeness (QED) is 0.603. The van der Waals surface area contributed by atoms with Crippen LogP contribution in [0.25, 0.3) is 0 Å². The summed E-state index contributed by atoms with van der Waals surface area (Å²) in [5, 5.41) is 5.95. The van der Waals surface area contributed by atoms with Crippen LogP contribution >= 0.6 is 0 Å². The number of hydrogen-bond donors (Lipinski definition) is 0. The number of hydrazone groups is 1. The molecule has 0 bridgehead atoms. The molecule has 4 nitrogen and oxygen atoms in total. The van der Waals surface area contributed by atoms with E-state index in [1.54, 1.807) is 18.3 Å². The third kappa shape index (κ3) is 4.53. The van der Waals surface area contributed by atoms with Crippen molar-refractivity contribution in [2.24, 2.45) is 5.10 Å². The van der Waals surface area contributed by atoms with Crippen molar-refractivity contribution in [2.75, 3.05) is 21.2 Å². The summed E-state index contributed by atoms with van der Waals surface area (Å²) in [5.41, 5.74) is 2.09. The lowest BCUT2D eigenvalue weighted by atomic mass is 10.2. The van der Waals surface area contributed by atoms with Gasteiger partial charge in [-0.05, 0) is 29.3 Å². The molecule has 0 aliphatic heterocycles. The van der Waals surface area contributed by atoms with Crippen LogP contribution in [0.15, 0.2) is 53.6 Å². The summed E-state index contributed by atoms with van der Waals surface area (Å²) in [7, 11) is 5.40. The molecule has 0 fully saturated rings. The van der Waals surface area contributed by atoms with E-state index in [1.807, 2.05) is 62.6 Å². The van der Waals surface area contributed by atoms with Crippen LogP contribution in [0.2, 0.25) is 0 Å². The van der Waals surface area contributed by atoms with Gasteiger partial charge in [-0.3, -0.25) is 0 Å². The molecule has 0 spiro atoms. The highest BCUT2D eigenvalue weighted by atomic mass is 16.5. The van der Waals surface area contributed by atoms with E-state index in [9.17, 15) is 0 Å². The minimum Gasteiger partial charge on any atom is -0.493 e. The smallest absolute Gasteiger partial charge is 0.161 e. The van der Waals surface area contributed by atoms with E-state index in [2.05, 4.69) is 5.10 Å². The average molecular weight is 284 g/mol. The highest BCUT2D eigenvalue weighted by Gasteiger charge is 2.05. The van der Waals surface area contributed by atoms with Crippen LogP contribution in [-0.2, 0) is 6.61 Å². The van der Waals surface area contributed by atoms with E-state index in [4.69, 9.17) is 9.47 Å². The monoisotopic (exact) mass is 284 g/mol. The van der Waals surface area contributed by atoms with Crippen molar-refractivity contribution in [3.05, 3.63) is 59.7 Å². The second-order valence-electron chi connectivity index (χ2n) is 4.78. The van der Waals surface area contributed by atoms with Crippen LogP contribution in [0.3, 0.4) is 0 Å². The molecule has 2 rings (SSSR count). The molecule has 0 unspecified atom stereocenters. The van der Waals surface area contributed by atoms with E-state index >= 15 is 0 Å². The molecule has 0 atom stereocenters. The fourth-order valence-corrected chi connectivity index (χ4v) is 1.80. The first-order chi connectivity index (χ1) is 10.2. The average Bonchev–Trinajstić information content (AvgIpc) is 2.52. The van der Waals surface area contributed by atoms with Gasteiger partial charge >= 0.3 is 0 Å². The Bertz CT molecular complexity index is 595. The lowest BCUT2D eigenvalue weighted by Gasteiger charge is -2.11. The molecule has 0 aliphatic carbocycles. The summed E-state index contributed by atoms with van der Waals surface area (Å²) in [6.45, 7) is 0.516. The first kappa shape index (κ1) is 14.9. The standard InChI is InChI=1S/C17H20N2O2/c1-19(2)18-12-15-9-10-16(17(11-15)20-3)21-13-14-7-5-4-6-8-14/h4-12H,13H2,1-3H3. The summed E-state index contributed by atoms with van der Waals surface area (Å²) >= 11 is 0. The third-order valence-corrected chi connectivity index (χ3v) is 2.86. The van der Waals surface area contributed by atoms with Gasteiger partial charge in [0, 0.05) is 14.1 Å². The molecule has 4 heteroatoms. The highest BCUT2D eigenvalue weighted by molar-refractivity contribution is 5.80. The Kier molecular flexibility index (Phi) is 5.21. The summed E-state index contributed by atoms with van der Waals surface area (Å²) in [4.78, 5) is 0. The Labute approximate surface area is 125 Å². The summed E-state index contributed by atoms with van der Waals surface area (Å²) in [5.74, 6) is 1.43. The second kappa shape index (κ2) is 7.33. The van der Waals surface area contributed by atoms with Gasteiger partial charge in [0.05, 0.1) is 13.3 Å². The molecule has 0 N–H and O–H groups in total. The van der Waals surface area contributed by atoms with E-state index < -0.39 is 0 Å². The fourth-order valence-electron chi connectivity index (χ4n) is 1.80. The molecule has 0 aromatic heterocycles. The van der Waals surface area contributed by atoms with Crippen molar-refractivity contribution in [1.29, 1.82) is 0 Å². The van der Waals surface area contributed by atoms with Gasteiger partial charge in [0.15, 0.2) is 11.5 Å². The summed E-state index contributed by atoms with van der Waals surface area (Å²) < 4.78 is 11.2. The second-order valence-corrected chi connectivity index (χ2v) is 4.78. The zero-order valence-electron chi connectivity index (χ0n) is 12.6. The molecule has 2 aromatic rings. The van der Waals surface area contributed by atoms with Gasteiger partial charge < -0.3 is 14.5 Å². The van der Waals surface area contributed by atoms with Crippen LogP contribution in [0, 0.1) is 0 Å². The summed E-state index contributed by atoms with van der Waals surface area (Å²) in [6.07, 6.45) is 1.78. The van der Waals surface area contributed by atoms with Gasteiger partial charge in [0.25, 0.3) is 0 Å². The molecule has 2 aromatic carbocycles. The molecule has 0 heterocycles. The Morgan fingerprint density at radius 3 is 2.48 bits per heavy atom. The number of benzene rings is 2. The fraction of sp³-hybridized carbons (Fsp3) is 0.235. The third-order valence-electron chi connectivity index (χ3n) is 2.86. The maximum Gasteiger partial charge on any atom is 0.161 e. The number of nitrogens with zero attached hydrogens (tertiary/aromatic N) is 2. The highest BCUT2D eigenvalue weighted by Crippen LogP contribution is 2.28. The maximum absolute atomic E-state index is 5.81. The van der Waals surface area contributed by atoms with Gasteiger partial charge in [-0.2, -0.15) is 5.10 Å². The molecule has 0 saturated carbocycles. The Morgan fingerprint density at radius 1 is 1.05 bits per heavy atom. The van der Waals surface area contributed by atoms with Crippen molar-refractivity contribution in [2.45, 2.75) is 6.61 Å². The Hall–Kier alpha value is -2.49. The maximum atomic E-state index is 5.81. The topological polar surface area (TPSA) is 34.1 Å². The molecule has 110 valence electrons.